The monoisotopic (exact) mass is 231 g/mol. The normalized spacial score (nSPS) is 10.0. The first-order valence-electron chi connectivity index (χ1n) is 5.05. The Kier molecular flexibility index (Phi) is 3.14. The number of carbonyl (C=O) groups excluding carboxylic acids is 1. The van der Waals surface area contributed by atoms with Crippen molar-refractivity contribution in [2.45, 2.75) is 6.92 Å². The van der Waals surface area contributed by atoms with Crippen molar-refractivity contribution in [1.82, 2.24) is 4.98 Å². The van der Waals surface area contributed by atoms with Crippen molar-refractivity contribution in [3.05, 3.63) is 53.5 Å². The number of aldehydes is 1. The highest BCUT2D eigenvalue weighted by Gasteiger charge is 2.07. The predicted octanol–water partition coefficient (Wildman–Crippen LogP) is 3.13. The molecule has 0 atom stereocenters. The van der Waals surface area contributed by atoms with Crippen LogP contribution in [-0.2, 0) is 0 Å². The molecule has 0 aliphatic heterocycles. The number of benzene rings is 1. The van der Waals surface area contributed by atoms with Gasteiger partial charge in [-0.3, -0.25) is 4.79 Å². The van der Waals surface area contributed by atoms with Crippen molar-refractivity contribution in [1.29, 1.82) is 0 Å². The van der Waals surface area contributed by atoms with Crippen LogP contribution in [0.5, 0.6) is 11.6 Å². The van der Waals surface area contributed by atoms with E-state index in [0.717, 1.165) is 0 Å². The van der Waals surface area contributed by atoms with Gasteiger partial charge in [-0.05, 0) is 24.6 Å². The molecular weight excluding hydrogens is 221 g/mol. The van der Waals surface area contributed by atoms with Crippen LogP contribution in [0.4, 0.5) is 4.39 Å². The number of rotatable bonds is 3. The molecule has 0 aliphatic carbocycles. The van der Waals surface area contributed by atoms with Gasteiger partial charge >= 0.3 is 0 Å². The van der Waals surface area contributed by atoms with Crippen LogP contribution < -0.4 is 4.74 Å². The molecule has 0 spiro atoms. The third-order valence-electron chi connectivity index (χ3n) is 2.27. The second kappa shape index (κ2) is 4.74. The highest BCUT2D eigenvalue weighted by atomic mass is 19.1. The van der Waals surface area contributed by atoms with Gasteiger partial charge in [-0.25, -0.2) is 9.37 Å². The molecule has 86 valence electrons. The second-order valence-corrected chi connectivity index (χ2v) is 3.54. The number of halogens is 1. The van der Waals surface area contributed by atoms with Gasteiger partial charge in [0.05, 0.1) is 0 Å². The van der Waals surface area contributed by atoms with E-state index in [1.807, 2.05) is 0 Å². The molecule has 0 saturated heterocycles. The Balaban J connectivity index is 2.25. The summed E-state index contributed by atoms with van der Waals surface area (Å²) in [7, 11) is 0. The van der Waals surface area contributed by atoms with Crippen LogP contribution in [0.25, 0.3) is 0 Å². The number of carbonyl (C=O) groups is 1. The maximum Gasteiger partial charge on any atom is 0.219 e. The topological polar surface area (TPSA) is 39.2 Å². The van der Waals surface area contributed by atoms with Crippen molar-refractivity contribution in [3.63, 3.8) is 0 Å². The molecule has 2 rings (SSSR count). The molecule has 0 saturated carbocycles. The zero-order valence-electron chi connectivity index (χ0n) is 9.18. The van der Waals surface area contributed by atoms with Gasteiger partial charge in [-0.2, -0.15) is 0 Å². The number of aromatic nitrogens is 1. The number of hydrogen-bond donors (Lipinski definition) is 0. The van der Waals surface area contributed by atoms with Gasteiger partial charge in [0, 0.05) is 17.8 Å². The van der Waals surface area contributed by atoms with Gasteiger partial charge < -0.3 is 4.74 Å². The van der Waals surface area contributed by atoms with Crippen molar-refractivity contribution < 1.29 is 13.9 Å². The minimum Gasteiger partial charge on any atom is -0.436 e. The molecular formula is C13H10FNO2. The van der Waals surface area contributed by atoms with Gasteiger partial charge in [-0.1, -0.05) is 12.1 Å². The summed E-state index contributed by atoms with van der Waals surface area (Å²) in [4.78, 5) is 14.3. The van der Waals surface area contributed by atoms with Gasteiger partial charge in [0.2, 0.25) is 5.88 Å². The van der Waals surface area contributed by atoms with Crippen LogP contribution in [0.15, 0.2) is 36.5 Å². The number of pyridine rings is 1. The molecule has 2 aromatic rings. The first kappa shape index (κ1) is 11.3. The summed E-state index contributed by atoms with van der Waals surface area (Å²) in [6, 6.07) is 7.96. The van der Waals surface area contributed by atoms with E-state index in [9.17, 15) is 9.18 Å². The van der Waals surface area contributed by atoms with E-state index in [2.05, 4.69) is 4.98 Å². The zero-order chi connectivity index (χ0) is 12.3. The molecule has 3 nitrogen and oxygen atoms in total. The molecule has 17 heavy (non-hydrogen) atoms. The van der Waals surface area contributed by atoms with E-state index in [1.165, 1.54) is 18.3 Å². The smallest absolute Gasteiger partial charge is 0.219 e. The lowest BCUT2D eigenvalue weighted by atomic mass is 10.2. The first-order chi connectivity index (χ1) is 8.20. The number of aryl methyl sites for hydroxylation is 1. The average molecular weight is 231 g/mol. The van der Waals surface area contributed by atoms with E-state index >= 15 is 0 Å². The molecule has 0 amide bonds. The summed E-state index contributed by atoms with van der Waals surface area (Å²) in [6.07, 6.45) is 2.06. The maximum absolute atomic E-state index is 13.6. The largest absolute Gasteiger partial charge is 0.436 e. The summed E-state index contributed by atoms with van der Waals surface area (Å²) in [5.74, 6) is -0.0368. The van der Waals surface area contributed by atoms with Gasteiger partial charge in [0.1, 0.15) is 0 Å². The highest BCUT2D eigenvalue weighted by Crippen LogP contribution is 2.24. The van der Waals surface area contributed by atoms with E-state index in [1.54, 1.807) is 25.1 Å². The van der Waals surface area contributed by atoms with Crippen LogP contribution in [0.3, 0.4) is 0 Å². The predicted molar refractivity (Wildman–Crippen MR) is 60.8 cm³/mol. The Morgan fingerprint density at radius 3 is 2.76 bits per heavy atom. The standard InChI is InChI=1S/C13H10FNO2/c1-9-3-2-4-11(13(9)14)17-12-6-5-10(8-16)7-15-12/h2-8H,1H3. The minimum atomic E-state index is -0.409. The van der Waals surface area contributed by atoms with E-state index in [0.29, 0.717) is 17.4 Å². The fourth-order valence-corrected chi connectivity index (χ4v) is 1.33. The van der Waals surface area contributed by atoms with Crippen LogP contribution in [0.2, 0.25) is 0 Å². The molecule has 0 unspecified atom stereocenters. The van der Waals surface area contributed by atoms with Crippen molar-refractivity contribution in [2.24, 2.45) is 0 Å². The van der Waals surface area contributed by atoms with Crippen LogP contribution in [-0.4, -0.2) is 11.3 Å². The Labute approximate surface area is 97.9 Å². The lowest BCUT2D eigenvalue weighted by Crippen LogP contribution is -1.93. The van der Waals surface area contributed by atoms with E-state index in [4.69, 9.17) is 4.74 Å². The quantitative estimate of drug-likeness (QED) is 0.762. The fraction of sp³-hybridized carbons (Fsp3) is 0.0769. The van der Waals surface area contributed by atoms with Crippen LogP contribution in [0, 0.1) is 12.7 Å². The van der Waals surface area contributed by atoms with Gasteiger partial charge in [0.25, 0.3) is 0 Å². The van der Waals surface area contributed by atoms with Crippen molar-refractivity contribution in [2.75, 3.05) is 0 Å². The zero-order valence-corrected chi connectivity index (χ0v) is 9.18. The molecule has 0 fully saturated rings. The third-order valence-corrected chi connectivity index (χ3v) is 2.27. The number of ether oxygens (including phenoxy) is 1. The highest BCUT2D eigenvalue weighted by molar-refractivity contribution is 5.74. The maximum atomic E-state index is 13.6. The van der Waals surface area contributed by atoms with Crippen molar-refractivity contribution >= 4 is 6.29 Å². The lowest BCUT2D eigenvalue weighted by molar-refractivity contribution is 0.112. The molecule has 1 aromatic carbocycles. The molecule has 0 N–H and O–H groups in total. The average Bonchev–Trinajstić information content (AvgIpc) is 2.36. The van der Waals surface area contributed by atoms with Crippen molar-refractivity contribution in [3.8, 4) is 11.6 Å². The van der Waals surface area contributed by atoms with E-state index in [-0.39, 0.29) is 11.6 Å². The Morgan fingerprint density at radius 2 is 2.12 bits per heavy atom. The number of hydrogen-bond acceptors (Lipinski definition) is 3. The van der Waals surface area contributed by atoms with Crippen LogP contribution in [0.1, 0.15) is 15.9 Å². The molecule has 1 aromatic heterocycles. The molecule has 1 heterocycles. The SMILES string of the molecule is Cc1cccc(Oc2ccc(C=O)cn2)c1F. The molecule has 4 heteroatoms. The van der Waals surface area contributed by atoms with Crippen LogP contribution >= 0.6 is 0 Å². The fourth-order valence-electron chi connectivity index (χ4n) is 1.33. The number of nitrogens with zero attached hydrogens (tertiary/aromatic N) is 1. The molecule has 0 bridgehead atoms. The Morgan fingerprint density at radius 1 is 1.29 bits per heavy atom. The summed E-state index contributed by atoms with van der Waals surface area (Å²) in [5.41, 5.74) is 0.953. The summed E-state index contributed by atoms with van der Waals surface area (Å²) < 4.78 is 18.9. The van der Waals surface area contributed by atoms with Gasteiger partial charge in [0.15, 0.2) is 17.9 Å². The lowest BCUT2D eigenvalue weighted by Gasteiger charge is -2.06. The molecule has 0 radical (unpaired) electrons. The molecule has 0 aliphatic rings. The first-order valence-corrected chi connectivity index (χ1v) is 5.05. The second-order valence-electron chi connectivity index (χ2n) is 3.54. The third kappa shape index (κ3) is 2.47. The summed E-state index contributed by atoms with van der Waals surface area (Å²) >= 11 is 0. The Bertz CT molecular complexity index is 538. The summed E-state index contributed by atoms with van der Waals surface area (Å²) in [6.45, 7) is 1.66. The minimum absolute atomic E-state index is 0.122. The van der Waals surface area contributed by atoms with E-state index < -0.39 is 5.82 Å². The Hall–Kier alpha value is -2.23. The summed E-state index contributed by atoms with van der Waals surface area (Å²) in [5, 5.41) is 0. The van der Waals surface area contributed by atoms with Gasteiger partial charge in [-0.15, -0.1) is 0 Å².